The number of benzene rings is 1. The molecular formula is C50H85FN2O2. The first-order chi connectivity index (χ1) is 27.2. The zero-order chi connectivity index (χ0) is 39.1. The van der Waals surface area contributed by atoms with Gasteiger partial charge in [0.2, 0.25) is 0 Å². The van der Waals surface area contributed by atoms with Crippen LogP contribution in [0.5, 0.6) is 0 Å². The molecule has 0 aliphatic carbocycles. The predicted molar refractivity (Wildman–Crippen MR) is 239 cm³/mol. The third-order valence-corrected chi connectivity index (χ3v) is 10.8. The summed E-state index contributed by atoms with van der Waals surface area (Å²) in [7, 11) is 0. The molecule has 5 heteroatoms. The maximum Gasteiger partial charge on any atom is 0.146 e. The maximum atomic E-state index is 14.3. The van der Waals surface area contributed by atoms with E-state index in [9.17, 15) is 4.39 Å². The summed E-state index contributed by atoms with van der Waals surface area (Å²) < 4.78 is 27.0. The van der Waals surface area contributed by atoms with Crippen LogP contribution in [0.25, 0.3) is 0 Å². The van der Waals surface area contributed by atoms with E-state index in [4.69, 9.17) is 9.47 Å². The number of unbranched alkanes of at least 4 members (excludes halogenated alkanes) is 18. The molecule has 1 unspecified atom stereocenters. The Hall–Kier alpha value is -2.21. The summed E-state index contributed by atoms with van der Waals surface area (Å²) >= 11 is 0. The zero-order valence-electron chi connectivity index (χ0n) is 35.9. The average molecular weight is 765 g/mol. The largest absolute Gasteiger partial charge is 0.379 e. The van der Waals surface area contributed by atoms with Gasteiger partial charge in [0.05, 0.1) is 18.4 Å². The number of ether oxygens (including phenoxy) is 2. The van der Waals surface area contributed by atoms with Gasteiger partial charge >= 0.3 is 0 Å². The van der Waals surface area contributed by atoms with Crippen LogP contribution in [0.4, 0.5) is 10.1 Å². The molecule has 55 heavy (non-hydrogen) atoms. The van der Waals surface area contributed by atoms with E-state index in [1.807, 2.05) is 12.1 Å². The Labute approximate surface area is 340 Å². The summed E-state index contributed by atoms with van der Waals surface area (Å²) in [5.41, 5.74) is 0.731. The molecule has 0 amide bonds. The van der Waals surface area contributed by atoms with E-state index in [1.165, 1.54) is 128 Å². The lowest BCUT2D eigenvalue weighted by Gasteiger charge is -2.36. The highest BCUT2D eigenvalue weighted by Crippen LogP contribution is 2.20. The van der Waals surface area contributed by atoms with Gasteiger partial charge in [0, 0.05) is 45.9 Å². The number of hydrogen-bond donors (Lipinski definition) is 0. The smallest absolute Gasteiger partial charge is 0.146 e. The normalized spacial score (nSPS) is 14.9. The molecule has 1 atom stereocenters. The first-order valence-corrected chi connectivity index (χ1v) is 23.3. The molecule has 1 saturated heterocycles. The summed E-state index contributed by atoms with van der Waals surface area (Å²) in [6.07, 6.45) is 50.2. The fourth-order valence-electron chi connectivity index (χ4n) is 7.21. The molecule has 4 nitrogen and oxygen atoms in total. The van der Waals surface area contributed by atoms with Crippen LogP contribution in [-0.2, 0) is 9.47 Å². The first kappa shape index (κ1) is 48.9. The number of hydrogen-bond acceptors (Lipinski definition) is 4. The third-order valence-electron chi connectivity index (χ3n) is 10.8. The molecule has 0 N–H and O–H groups in total. The minimum absolute atomic E-state index is 0.120. The van der Waals surface area contributed by atoms with Crippen molar-refractivity contribution in [3.8, 4) is 0 Å². The second-order valence-corrected chi connectivity index (χ2v) is 15.8. The number of nitrogens with zero attached hydrogens (tertiary/aromatic N) is 2. The molecule has 1 aromatic rings. The number of halogens is 1. The first-order valence-electron chi connectivity index (χ1n) is 23.3. The van der Waals surface area contributed by atoms with Gasteiger partial charge in [-0.05, 0) is 95.6 Å². The molecule has 314 valence electrons. The van der Waals surface area contributed by atoms with Gasteiger partial charge in [-0.1, -0.05) is 152 Å². The van der Waals surface area contributed by atoms with E-state index >= 15 is 0 Å². The Balaban J connectivity index is 1.56. The van der Waals surface area contributed by atoms with Crippen molar-refractivity contribution in [2.24, 2.45) is 0 Å². The van der Waals surface area contributed by atoms with Gasteiger partial charge < -0.3 is 14.4 Å². The fraction of sp³-hybridized carbons (Fsp3) is 0.720. The minimum atomic E-state index is -0.120. The molecule has 0 radical (unpaired) electrons. The van der Waals surface area contributed by atoms with Crippen LogP contribution < -0.4 is 4.90 Å². The minimum Gasteiger partial charge on any atom is -0.379 e. The topological polar surface area (TPSA) is 24.9 Å². The fourth-order valence-corrected chi connectivity index (χ4v) is 7.21. The molecule has 0 spiro atoms. The SMILES string of the molecule is CCCCC/C=C\C/C=C\CCCCCCCCOCC(CCN1CCN(c2ccccc2F)CC1)OCCCCCCCC/C=C\C/C=C\CCCCC. The lowest BCUT2D eigenvalue weighted by Crippen LogP contribution is -2.47. The van der Waals surface area contributed by atoms with Gasteiger partial charge in [0.25, 0.3) is 0 Å². The van der Waals surface area contributed by atoms with E-state index in [-0.39, 0.29) is 11.9 Å². The van der Waals surface area contributed by atoms with Crippen molar-refractivity contribution < 1.29 is 13.9 Å². The van der Waals surface area contributed by atoms with Crippen LogP contribution in [-0.4, -0.2) is 63.5 Å². The summed E-state index contributed by atoms with van der Waals surface area (Å²) in [5, 5.41) is 0. The molecule has 0 bridgehead atoms. The molecule has 1 fully saturated rings. The quantitative estimate of drug-likeness (QED) is 0.0498. The van der Waals surface area contributed by atoms with E-state index in [0.29, 0.717) is 6.61 Å². The molecule has 0 saturated carbocycles. The Kier molecular flexibility index (Phi) is 33.3. The summed E-state index contributed by atoms with van der Waals surface area (Å²) in [5.74, 6) is -0.120. The Morgan fingerprint density at radius 2 is 1.04 bits per heavy atom. The number of para-hydroxylation sites is 1. The van der Waals surface area contributed by atoms with Crippen molar-refractivity contribution in [1.29, 1.82) is 0 Å². The Morgan fingerprint density at radius 1 is 0.564 bits per heavy atom. The van der Waals surface area contributed by atoms with E-state index in [0.717, 1.165) is 83.7 Å². The molecule has 2 rings (SSSR count). The van der Waals surface area contributed by atoms with Crippen molar-refractivity contribution in [3.05, 3.63) is 78.7 Å². The van der Waals surface area contributed by atoms with Crippen LogP contribution in [0.3, 0.4) is 0 Å². The molecule has 1 heterocycles. The van der Waals surface area contributed by atoms with Crippen LogP contribution in [0.15, 0.2) is 72.9 Å². The van der Waals surface area contributed by atoms with Crippen molar-refractivity contribution in [2.75, 3.05) is 57.4 Å². The van der Waals surface area contributed by atoms with Crippen LogP contribution in [0, 0.1) is 5.82 Å². The maximum absolute atomic E-state index is 14.3. The van der Waals surface area contributed by atoms with Crippen LogP contribution in [0.1, 0.15) is 174 Å². The lowest BCUT2D eigenvalue weighted by atomic mass is 10.1. The summed E-state index contributed by atoms with van der Waals surface area (Å²) in [6.45, 7) is 11.5. The average Bonchev–Trinajstić information content (AvgIpc) is 3.20. The third kappa shape index (κ3) is 28.8. The summed E-state index contributed by atoms with van der Waals surface area (Å²) in [6, 6.07) is 7.16. The van der Waals surface area contributed by atoms with Crippen LogP contribution >= 0.6 is 0 Å². The molecule has 1 aliphatic rings. The van der Waals surface area contributed by atoms with Gasteiger partial charge in [0.1, 0.15) is 5.82 Å². The van der Waals surface area contributed by atoms with Crippen molar-refractivity contribution in [3.63, 3.8) is 0 Å². The van der Waals surface area contributed by atoms with Gasteiger partial charge in [-0.15, -0.1) is 0 Å². The van der Waals surface area contributed by atoms with Gasteiger partial charge in [-0.25, -0.2) is 4.39 Å². The zero-order valence-corrected chi connectivity index (χ0v) is 35.9. The molecule has 0 aromatic heterocycles. The number of allylic oxidation sites excluding steroid dienone is 8. The number of rotatable bonds is 37. The summed E-state index contributed by atoms with van der Waals surface area (Å²) in [4.78, 5) is 4.69. The lowest BCUT2D eigenvalue weighted by molar-refractivity contribution is -0.0264. The van der Waals surface area contributed by atoms with E-state index in [2.05, 4.69) is 72.3 Å². The second-order valence-electron chi connectivity index (χ2n) is 15.8. The molecule has 1 aromatic carbocycles. The van der Waals surface area contributed by atoms with E-state index < -0.39 is 0 Å². The standard InChI is InChI=1S/C50H85FN2O2/c1-3-5-7-9-11-13-15-17-19-21-23-25-27-29-31-35-45-54-47-48(39-40-52-41-43-53(44-42-52)50-38-34-33-37-49(50)51)55-46-36-32-30-28-26-24-22-20-18-16-14-12-10-8-6-4-2/h11-14,17-20,33-34,37-38,48H,3-10,15-16,21-32,35-36,39-47H2,1-2H3/b13-11-,14-12-,19-17-,20-18-. The van der Waals surface area contributed by atoms with Crippen LogP contribution in [0.2, 0.25) is 0 Å². The molecule has 1 aliphatic heterocycles. The van der Waals surface area contributed by atoms with Gasteiger partial charge in [0.15, 0.2) is 0 Å². The van der Waals surface area contributed by atoms with Crippen molar-refractivity contribution >= 4 is 5.69 Å². The second kappa shape index (κ2) is 37.4. The number of piperazine rings is 1. The highest BCUT2D eigenvalue weighted by atomic mass is 19.1. The molecular weight excluding hydrogens is 680 g/mol. The Morgan fingerprint density at radius 3 is 1.56 bits per heavy atom. The number of anilines is 1. The predicted octanol–water partition coefficient (Wildman–Crippen LogP) is 14.4. The Bertz CT molecular complexity index is 1090. The monoisotopic (exact) mass is 765 g/mol. The highest BCUT2D eigenvalue weighted by molar-refractivity contribution is 5.48. The van der Waals surface area contributed by atoms with Crippen molar-refractivity contribution in [2.45, 2.75) is 180 Å². The highest BCUT2D eigenvalue weighted by Gasteiger charge is 2.20. The van der Waals surface area contributed by atoms with E-state index in [1.54, 1.807) is 12.1 Å². The van der Waals surface area contributed by atoms with Gasteiger partial charge in [-0.2, -0.15) is 0 Å². The van der Waals surface area contributed by atoms with Crippen molar-refractivity contribution in [1.82, 2.24) is 4.90 Å². The van der Waals surface area contributed by atoms with Gasteiger partial charge in [-0.3, -0.25) is 4.90 Å².